The van der Waals surface area contributed by atoms with Gasteiger partial charge in [-0.2, -0.15) is 0 Å². The molecule has 6 nitrogen and oxygen atoms in total. The summed E-state index contributed by atoms with van der Waals surface area (Å²) in [6.45, 7) is 5.99. The Labute approximate surface area is 150 Å². The van der Waals surface area contributed by atoms with Gasteiger partial charge in [-0.3, -0.25) is 4.98 Å². The first-order valence-corrected chi connectivity index (χ1v) is 10.5. The van der Waals surface area contributed by atoms with Crippen LogP contribution in [-0.4, -0.2) is 46.1 Å². The van der Waals surface area contributed by atoms with Gasteiger partial charge in [0.1, 0.15) is 5.82 Å². The standard InChI is InChI=1S/C18H26N4O2S/c1-3-10-25(23,24)21-9-5-6-16(13-21)14-22-15(2)11-20-18(22)17-7-4-8-19-12-17/h4,7-8,11-12,16H,3,5-6,9-10,13-14H2,1-2H3. The molecule has 0 aliphatic carbocycles. The minimum atomic E-state index is -3.12. The molecule has 1 aliphatic heterocycles. The molecule has 3 rings (SSSR count). The van der Waals surface area contributed by atoms with Gasteiger partial charge in [-0.1, -0.05) is 6.92 Å². The van der Waals surface area contributed by atoms with E-state index in [1.165, 1.54) is 0 Å². The van der Waals surface area contributed by atoms with Crippen LogP contribution in [0.5, 0.6) is 0 Å². The van der Waals surface area contributed by atoms with E-state index < -0.39 is 10.0 Å². The third kappa shape index (κ3) is 4.10. The second kappa shape index (κ2) is 7.66. The molecule has 25 heavy (non-hydrogen) atoms. The normalized spacial score (nSPS) is 19.2. The Kier molecular flexibility index (Phi) is 5.54. The van der Waals surface area contributed by atoms with Gasteiger partial charge >= 0.3 is 0 Å². The van der Waals surface area contributed by atoms with E-state index in [1.54, 1.807) is 10.5 Å². The molecular weight excluding hydrogens is 336 g/mol. The number of nitrogens with zero attached hydrogens (tertiary/aromatic N) is 4. The summed E-state index contributed by atoms with van der Waals surface area (Å²) in [6.07, 6.45) is 8.07. The van der Waals surface area contributed by atoms with Crippen molar-refractivity contribution in [1.29, 1.82) is 0 Å². The third-order valence-electron chi connectivity index (χ3n) is 4.75. The van der Waals surface area contributed by atoms with Crippen molar-refractivity contribution >= 4 is 10.0 Å². The summed E-state index contributed by atoms with van der Waals surface area (Å²) in [5, 5.41) is 0. The van der Waals surface area contributed by atoms with Crippen LogP contribution in [0.2, 0.25) is 0 Å². The van der Waals surface area contributed by atoms with Gasteiger partial charge in [-0.05, 0) is 44.2 Å². The van der Waals surface area contributed by atoms with Crippen LogP contribution in [0.1, 0.15) is 31.9 Å². The van der Waals surface area contributed by atoms with Crippen LogP contribution in [-0.2, 0) is 16.6 Å². The van der Waals surface area contributed by atoms with Crippen molar-refractivity contribution in [3.8, 4) is 11.4 Å². The molecule has 1 atom stereocenters. The highest BCUT2D eigenvalue weighted by Crippen LogP contribution is 2.25. The molecule has 1 saturated heterocycles. The predicted octanol–water partition coefficient (Wildman–Crippen LogP) is 2.71. The predicted molar refractivity (Wildman–Crippen MR) is 98.6 cm³/mol. The van der Waals surface area contributed by atoms with Crippen LogP contribution in [0.3, 0.4) is 0 Å². The minimum absolute atomic E-state index is 0.241. The molecule has 3 heterocycles. The Balaban J connectivity index is 1.78. The molecule has 7 heteroatoms. The second-order valence-corrected chi connectivity index (χ2v) is 8.85. The van der Waals surface area contributed by atoms with Crippen molar-refractivity contribution in [2.24, 2.45) is 5.92 Å². The molecule has 0 radical (unpaired) electrons. The van der Waals surface area contributed by atoms with Crippen molar-refractivity contribution in [2.45, 2.75) is 39.7 Å². The lowest BCUT2D eigenvalue weighted by atomic mass is 9.99. The molecule has 1 aliphatic rings. The smallest absolute Gasteiger partial charge is 0.214 e. The maximum atomic E-state index is 12.4. The number of aryl methyl sites for hydroxylation is 1. The van der Waals surface area contributed by atoms with Crippen LogP contribution in [0.25, 0.3) is 11.4 Å². The maximum absolute atomic E-state index is 12.4. The molecular formula is C18H26N4O2S. The number of sulfonamides is 1. The van der Waals surface area contributed by atoms with E-state index in [0.29, 0.717) is 25.4 Å². The second-order valence-electron chi connectivity index (χ2n) is 6.76. The van der Waals surface area contributed by atoms with Crippen molar-refractivity contribution in [3.63, 3.8) is 0 Å². The van der Waals surface area contributed by atoms with Crippen molar-refractivity contribution in [2.75, 3.05) is 18.8 Å². The average Bonchev–Trinajstić information content (AvgIpc) is 2.97. The van der Waals surface area contributed by atoms with E-state index in [-0.39, 0.29) is 5.75 Å². The SMILES string of the molecule is CCCS(=O)(=O)N1CCCC(Cn2c(C)cnc2-c2cccnc2)C1. The summed E-state index contributed by atoms with van der Waals surface area (Å²) in [6, 6.07) is 3.91. The topological polar surface area (TPSA) is 68.1 Å². The van der Waals surface area contributed by atoms with Gasteiger partial charge in [0.25, 0.3) is 0 Å². The largest absolute Gasteiger partial charge is 0.328 e. The zero-order chi connectivity index (χ0) is 17.9. The third-order valence-corrected chi connectivity index (χ3v) is 6.80. The molecule has 0 amide bonds. The average molecular weight is 362 g/mol. The van der Waals surface area contributed by atoms with Gasteiger partial charge in [0.05, 0.1) is 5.75 Å². The molecule has 1 fully saturated rings. The number of pyridine rings is 1. The van der Waals surface area contributed by atoms with Crippen molar-refractivity contribution in [1.82, 2.24) is 18.8 Å². The van der Waals surface area contributed by atoms with Crippen LogP contribution >= 0.6 is 0 Å². The first-order valence-electron chi connectivity index (χ1n) is 8.91. The lowest BCUT2D eigenvalue weighted by molar-refractivity contribution is 0.245. The van der Waals surface area contributed by atoms with Gasteiger partial charge < -0.3 is 4.57 Å². The van der Waals surface area contributed by atoms with Crippen molar-refractivity contribution < 1.29 is 8.42 Å². The highest BCUT2D eigenvalue weighted by molar-refractivity contribution is 7.89. The summed E-state index contributed by atoms with van der Waals surface area (Å²) in [5.74, 6) is 1.45. The lowest BCUT2D eigenvalue weighted by Crippen LogP contribution is -2.42. The highest BCUT2D eigenvalue weighted by atomic mass is 32.2. The van der Waals surface area contributed by atoms with Gasteiger partial charge in [0, 0.05) is 49.5 Å². The summed E-state index contributed by atoms with van der Waals surface area (Å²) < 4.78 is 28.6. The molecule has 0 bridgehead atoms. The first-order chi connectivity index (χ1) is 12.0. The Bertz CT molecular complexity index is 802. The number of aromatic nitrogens is 3. The number of hydrogen-bond acceptors (Lipinski definition) is 4. The number of rotatable bonds is 6. The fourth-order valence-corrected chi connectivity index (χ4v) is 5.11. The van der Waals surface area contributed by atoms with E-state index in [0.717, 1.165) is 36.5 Å². The Morgan fingerprint density at radius 2 is 2.16 bits per heavy atom. The van der Waals surface area contributed by atoms with Gasteiger partial charge in [-0.15, -0.1) is 0 Å². The van der Waals surface area contributed by atoms with Gasteiger partial charge in [0.2, 0.25) is 10.0 Å². The molecule has 0 aromatic carbocycles. The molecule has 0 spiro atoms. The lowest BCUT2D eigenvalue weighted by Gasteiger charge is -2.32. The number of imidazole rings is 1. The van der Waals surface area contributed by atoms with E-state index in [4.69, 9.17) is 0 Å². The number of hydrogen-bond donors (Lipinski definition) is 0. The van der Waals surface area contributed by atoms with Crippen LogP contribution in [0.15, 0.2) is 30.7 Å². The fraction of sp³-hybridized carbons (Fsp3) is 0.556. The summed E-state index contributed by atoms with van der Waals surface area (Å²) >= 11 is 0. The molecule has 0 saturated carbocycles. The Hall–Kier alpha value is -1.73. The highest BCUT2D eigenvalue weighted by Gasteiger charge is 2.29. The molecule has 2 aromatic rings. The maximum Gasteiger partial charge on any atom is 0.214 e. The van der Waals surface area contributed by atoms with Crippen LogP contribution in [0, 0.1) is 12.8 Å². The number of piperidine rings is 1. The molecule has 136 valence electrons. The van der Waals surface area contributed by atoms with E-state index in [9.17, 15) is 8.42 Å². The summed E-state index contributed by atoms with van der Waals surface area (Å²) in [4.78, 5) is 8.72. The zero-order valence-corrected chi connectivity index (χ0v) is 15.7. The van der Waals surface area contributed by atoms with Crippen LogP contribution in [0.4, 0.5) is 0 Å². The van der Waals surface area contributed by atoms with Crippen molar-refractivity contribution in [3.05, 3.63) is 36.4 Å². The summed E-state index contributed by atoms with van der Waals surface area (Å²) in [5.41, 5.74) is 2.08. The summed E-state index contributed by atoms with van der Waals surface area (Å²) in [7, 11) is -3.12. The van der Waals surface area contributed by atoms with Gasteiger partial charge in [-0.25, -0.2) is 17.7 Å². The quantitative estimate of drug-likeness (QED) is 0.792. The van der Waals surface area contributed by atoms with E-state index >= 15 is 0 Å². The molecule has 1 unspecified atom stereocenters. The Morgan fingerprint density at radius 3 is 2.88 bits per heavy atom. The molecule has 2 aromatic heterocycles. The zero-order valence-electron chi connectivity index (χ0n) is 14.9. The van der Waals surface area contributed by atoms with E-state index in [2.05, 4.69) is 14.5 Å². The monoisotopic (exact) mass is 362 g/mol. The first kappa shape index (κ1) is 18.1. The minimum Gasteiger partial charge on any atom is -0.328 e. The Morgan fingerprint density at radius 1 is 1.32 bits per heavy atom. The van der Waals surface area contributed by atoms with E-state index in [1.807, 2.05) is 38.4 Å². The van der Waals surface area contributed by atoms with Crippen LogP contribution < -0.4 is 0 Å². The molecule has 0 N–H and O–H groups in total. The van der Waals surface area contributed by atoms with Gasteiger partial charge in [0.15, 0.2) is 0 Å². The fourth-order valence-electron chi connectivity index (χ4n) is 3.49.